The molecule has 3 amide bonds. The highest BCUT2D eigenvalue weighted by Crippen LogP contribution is 2.23. The van der Waals surface area contributed by atoms with E-state index in [1.54, 1.807) is 29.2 Å². The SMILES string of the molecule is Cc1cccc(N2CCN(C(=O)NNC(=O)c3ccccc3)CC2)c1C. The number of nitrogens with zero attached hydrogens (tertiary/aromatic N) is 2. The first kappa shape index (κ1) is 17.8. The molecule has 1 saturated heterocycles. The first-order chi connectivity index (χ1) is 12.6. The number of carbonyl (C=O) groups excluding carboxylic acids is 2. The minimum absolute atomic E-state index is 0.283. The third kappa shape index (κ3) is 3.96. The van der Waals surface area contributed by atoms with Crippen molar-refractivity contribution in [3.63, 3.8) is 0 Å². The largest absolute Gasteiger partial charge is 0.368 e. The van der Waals surface area contributed by atoms with Gasteiger partial charge in [-0.05, 0) is 43.2 Å². The van der Waals surface area contributed by atoms with Gasteiger partial charge in [0.15, 0.2) is 0 Å². The second kappa shape index (κ2) is 7.91. The Kier molecular flexibility index (Phi) is 5.41. The summed E-state index contributed by atoms with van der Waals surface area (Å²) in [7, 11) is 0. The Bertz CT molecular complexity index is 784. The van der Waals surface area contributed by atoms with Crippen molar-refractivity contribution in [2.45, 2.75) is 13.8 Å². The number of anilines is 1. The molecule has 0 unspecified atom stereocenters. The average Bonchev–Trinajstić information content (AvgIpc) is 2.69. The van der Waals surface area contributed by atoms with Crippen molar-refractivity contribution < 1.29 is 9.59 Å². The summed E-state index contributed by atoms with van der Waals surface area (Å²) in [6.07, 6.45) is 0. The van der Waals surface area contributed by atoms with Crippen molar-refractivity contribution in [1.82, 2.24) is 15.8 Å². The maximum absolute atomic E-state index is 12.3. The Balaban J connectivity index is 1.51. The van der Waals surface area contributed by atoms with Crippen LogP contribution in [-0.4, -0.2) is 43.0 Å². The van der Waals surface area contributed by atoms with Gasteiger partial charge in [0.05, 0.1) is 0 Å². The zero-order valence-electron chi connectivity index (χ0n) is 15.2. The molecule has 0 aliphatic carbocycles. The number of benzene rings is 2. The highest BCUT2D eigenvalue weighted by molar-refractivity contribution is 5.95. The lowest BCUT2D eigenvalue weighted by Gasteiger charge is -2.36. The van der Waals surface area contributed by atoms with Crippen molar-refractivity contribution in [3.8, 4) is 0 Å². The van der Waals surface area contributed by atoms with E-state index in [9.17, 15) is 9.59 Å². The summed E-state index contributed by atoms with van der Waals surface area (Å²) < 4.78 is 0. The van der Waals surface area contributed by atoms with Gasteiger partial charge in [0.25, 0.3) is 5.91 Å². The van der Waals surface area contributed by atoms with Gasteiger partial charge in [-0.15, -0.1) is 0 Å². The molecule has 6 heteroatoms. The maximum atomic E-state index is 12.3. The Morgan fingerprint density at radius 1 is 0.846 bits per heavy atom. The van der Waals surface area contributed by atoms with Gasteiger partial charge in [0.1, 0.15) is 0 Å². The third-order valence-corrected chi connectivity index (χ3v) is 4.80. The predicted octanol–water partition coefficient (Wildman–Crippen LogP) is 2.48. The van der Waals surface area contributed by atoms with Crippen molar-refractivity contribution in [1.29, 1.82) is 0 Å². The standard InChI is InChI=1S/C20H24N4O2/c1-15-7-6-10-18(16(15)2)23-11-13-24(14-12-23)20(26)22-21-19(25)17-8-4-3-5-9-17/h3-10H,11-14H2,1-2H3,(H,21,25)(H,22,26). The van der Waals surface area contributed by atoms with Gasteiger partial charge in [-0.1, -0.05) is 30.3 Å². The molecule has 3 rings (SSSR count). The van der Waals surface area contributed by atoms with Gasteiger partial charge in [0, 0.05) is 37.4 Å². The summed E-state index contributed by atoms with van der Waals surface area (Å²) in [5, 5.41) is 0. The maximum Gasteiger partial charge on any atom is 0.336 e. The van der Waals surface area contributed by atoms with E-state index in [1.807, 2.05) is 6.07 Å². The quantitative estimate of drug-likeness (QED) is 0.816. The molecule has 1 aliphatic rings. The van der Waals surface area contributed by atoms with Gasteiger partial charge >= 0.3 is 6.03 Å². The molecule has 6 nitrogen and oxygen atoms in total. The number of aryl methyl sites for hydroxylation is 1. The fourth-order valence-corrected chi connectivity index (χ4v) is 3.08. The molecule has 0 aromatic heterocycles. The van der Waals surface area contributed by atoms with Crippen molar-refractivity contribution in [2.24, 2.45) is 0 Å². The van der Waals surface area contributed by atoms with Crippen LogP contribution in [-0.2, 0) is 0 Å². The number of piperazine rings is 1. The average molecular weight is 352 g/mol. The number of nitrogens with one attached hydrogen (secondary N) is 2. The smallest absolute Gasteiger partial charge is 0.336 e. The van der Waals surface area contributed by atoms with Crippen LogP contribution in [0.4, 0.5) is 10.5 Å². The lowest BCUT2D eigenvalue weighted by atomic mass is 10.1. The van der Waals surface area contributed by atoms with E-state index in [1.165, 1.54) is 16.8 Å². The van der Waals surface area contributed by atoms with Crippen molar-refractivity contribution in [2.75, 3.05) is 31.1 Å². The van der Waals surface area contributed by atoms with Crippen LogP contribution in [0.2, 0.25) is 0 Å². The van der Waals surface area contributed by atoms with Crippen LogP contribution < -0.4 is 15.8 Å². The highest BCUT2D eigenvalue weighted by atomic mass is 16.2. The molecule has 0 atom stereocenters. The molecule has 1 fully saturated rings. The van der Waals surface area contributed by atoms with E-state index >= 15 is 0 Å². The number of amides is 3. The first-order valence-electron chi connectivity index (χ1n) is 8.78. The summed E-state index contributed by atoms with van der Waals surface area (Å²) in [6, 6.07) is 14.8. The molecular formula is C20H24N4O2. The van der Waals surface area contributed by atoms with Crippen LogP contribution in [0.1, 0.15) is 21.5 Å². The molecule has 2 N–H and O–H groups in total. The lowest BCUT2D eigenvalue weighted by Crippen LogP contribution is -2.55. The summed E-state index contributed by atoms with van der Waals surface area (Å²) in [6.45, 7) is 7.00. The number of hydrogen-bond donors (Lipinski definition) is 2. The summed E-state index contributed by atoms with van der Waals surface area (Å²) in [5.41, 5.74) is 9.24. The van der Waals surface area contributed by atoms with Gasteiger partial charge in [0.2, 0.25) is 0 Å². The van der Waals surface area contributed by atoms with E-state index in [4.69, 9.17) is 0 Å². The number of urea groups is 1. The van der Waals surface area contributed by atoms with Crippen LogP contribution >= 0.6 is 0 Å². The summed E-state index contributed by atoms with van der Waals surface area (Å²) >= 11 is 0. The number of hydrazine groups is 1. The Labute approximate surface area is 153 Å². The number of carbonyl (C=O) groups is 2. The zero-order chi connectivity index (χ0) is 18.5. The predicted molar refractivity (Wildman–Crippen MR) is 102 cm³/mol. The molecule has 2 aromatic carbocycles. The van der Waals surface area contributed by atoms with Crippen LogP contribution in [0.25, 0.3) is 0 Å². The van der Waals surface area contributed by atoms with Crippen LogP contribution in [0.15, 0.2) is 48.5 Å². The van der Waals surface area contributed by atoms with Gasteiger partial charge < -0.3 is 9.80 Å². The fourth-order valence-electron chi connectivity index (χ4n) is 3.08. The monoisotopic (exact) mass is 352 g/mol. The summed E-state index contributed by atoms with van der Waals surface area (Å²) in [5.74, 6) is -0.326. The molecule has 0 spiro atoms. The molecule has 1 aliphatic heterocycles. The lowest BCUT2D eigenvalue weighted by molar-refractivity contribution is 0.0929. The Morgan fingerprint density at radius 2 is 1.54 bits per heavy atom. The number of hydrogen-bond acceptors (Lipinski definition) is 3. The van der Waals surface area contributed by atoms with E-state index in [2.05, 4.69) is 47.8 Å². The molecule has 0 radical (unpaired) electrons. The Morgan fingerprint density at radius 3 is 2.23 bits per heavy atom. The molecular weight excluding hydrogens is 328 g/mol. The highest BCUT2D eigenvalue weighted by Gasteiger charge is 2.22. The Hall–Kier alpha value is -3.02. The van der Waals surface area contributed by atoms with Crippen LogP contribution in [0, 0.1) is 13.8 Å². The topological polar surface area (TPSA) is 64.7 Å². The summed E-state index contributed by atoms with van der Waals surface area (Å²) in [4.78, 5) is 28.3. The molecule has 2 aromatic rings. The van der Waals surface area contributed by atoms with E-state index in [0.29, 0.717) is 18.7 Å². The van der Waals surface area contributed by atoms with Gasteiger partial charge in [-0.3, -0.25) is 10.2 Å². The van der Waals surface area contributed by atoms with Gasteiger partial charge in [-0.2, -0.15) is 0 Å². The molecule has 0 saturated carbocycles. The molecule has 136 valence electrons. The molecule has 1 heterocycles. The van der Waals surface area contributed by atoms with Crippen molar-refractivity contribution in [3.05, 3.63) is 65.2 Å². The molecule has 0 bridgehead atoms. The second-order valence-corrected chi connectivity index (χ2v) is 6.44. The minimum atomic E-state index is -0.326. The van der Waals surface area contributed by atoms with E-state index < -0.39 is 0 Å². The fraction of sp³-hybridized carbons (Fsp3) is 0.300. The van der Waals surface area contributed by atoms with Crippen LogP contribution in [0.3, 0.4) is 0 Å². The van der Waals surface area contributed by atoms with E-state index in [0.717, 1.165) is 13.1 Å². The molecule has 26 heavy (non-hydrogen) atoms. The first-order valence-corrected chi connectivity index (χ1v) is 8.78. The second-order valence-electron chi connectivity index (χ2n) is 6.44. The zero-order valence-corrected chi connectivity index (χ0v) is 15.2. The van der Waals surface area contributed by atoms with E-state index in [-0.39, 0.29) is 11.9 Å². The van der Waals surface area contributed by atoms with Crippen molar-refractivity contribution >= 4 is 17.6 Å². The number of rotatable bonds is 2. The minimum Gasteiger partial charge on any atom is -0.368 e. The van der Waals surface area contributed by atoms with Gasteiger partial charge in [-0.25, -0.2) is 10.2 Å². The normalized spacial score (nSPS) is 14.1. The van der Waals surface area contributed by atoms with Crippen LogP contribution in [0.5, 0.6) is 0 Å². The third-order valence-electron chi connectivity index (χ3n) is 4.80.